The van der Waals surface area contributed by atoms with Gasteiger partial charge in [0.05, 0.1) is 0 Å². The summed E-state index contributed by atoms with van der Waals surface area (Å²) in [5.41, 5.74) is 4.92. The number of likely N-dealkylation sites (tertiary alicyclic amines) is 1. The molecule has 3 heterocycles. The Labute approximate surface area is 175 Å². The molecule has 0 bridgehead atoms. The van der Waals surface area contributed by atoms with Gasteiger partial charge in [0.1, 0.15) is 0 Å². The third-order valence-corrected chi connectivity index (χ3v) is 6.30. The number of aryl methyl sites for hydroxylation is 1. The lowest BCUT2D eigenvalue weighted by Crippen LogP contribution is -2.22. The van der Waals surface area contributed by atoms with Crippen LogP contribution >= 0.6 is 11.3 Å². The van der Waals surface area contributed by atoms with Crippen molar-refractivity contribution < 1.29 is 4.79 Å². The minimum Gasteiger partial charge on any atom is -0.302 e. The highest BCUT2D eigenvalue weighted by Crippen LogP contribution is 2.37. The largest absolute Gasteiger partial charge is 0.302 e. The Balaban J connectivity index is 1.39. The predicted octanol–water partition coefficient (Wildman–Crippen LogP) is 4.73. The average Bonchev–Trinajstić information content (AvgIpc) is 3.34. The van der Waals surface area contributed by atoms with Crippen molar-refractivity contribution in [2.75, 3.05) is 11.9 Å². The van der Waals surface area contributed by atoms with Crippen LogP contribution in [0.1, 0.15) is 53.1 Å². The summed E-state index contributed by atoms with van der Waals surface area (Å²) in [6.07, 6.45) is 7.11. The van der Waals surface area contributed by atoms with Crippen molar-refractivity contribution in [2.24, 2.45) is 0 Å². The highest BCUT2D eigenvalue weighted by molar-refractivity contribution is 7.15. The molecule has 1 aliphatic rings. The van der Waals surface area contributed by atoms with Crippen LogP contribution < -0.4 is 5.32 Å². The maximum absolute atomic E-state index is 11.2. The van der Waals surface area contributed by atoms with Crippen LogP contribution in [0.5, 0.6) is 0 Å². The summed E-state index contributed by atoms with van der Waals surface area (Å²) in [5.74, 6) is -0.0734. The highest BCUT2D eigenvalue weighted by atomic mass is 32.1. The first-order valence-corrected chi connectivity index (χ1v) is 10.9. The minimum atomic E-state index is -0.0734. The number of pyridine rings is 1. The molecule has 29 heavy (non-hydrogen) atoms. The highest BCUT2D eigenvalue weighted by Gasteiger charge is 2.27. The number of nitrogens with one attached hydrogen (secondary N) is 1. The Bertz CT molecular complexity index is 965. The standard InChI is InChI=1S/C23H26N4OS/c1-16-5-6-20(13-24-16)12-18-7-9-19(10-8-18)15-27-11-3-4-21(27)22-14-25-23(29-22)26-17(2)28/h5-10,13-14,21H,3-4,11-12,15H2,1-2H3,(H,25,26,28)/t21-/m0/s1. The monoisotopic (exact) mass is 406 g/mol. The summed E-state index contributed by atoms with van der Waals surface area (Å²) in [4.78, 5) is 23.7. The van der Waals surface area contributed by atoms with Gasteiger partial charge in [0.15, 0.2) is 5.13 Å². The lowest BCUT2D eigenvalue weighted by Gasteiger charge is -2.23. The Hall–Kier alpha value is -2.57. The van der Waals surface area contributed by atoms with E-state index in [1.54, 1.807) is 11.3 Å². The van der Waals surface area contributed by atoms with E-state index in [9.17, 15) is 4.79 Å². The number of benzene rings is 1. The molecule has 2 aromatic heterocycles. The molecular formula is C23H26N4OS. The van der Waals surface area contributed by atoms with Gasteiger partial charge in [-0.3, -0.25) is 14.7 Å². The van der Waals surface area contributed by atoms with Crippen LogP contribution in [0.4, 0.5) is 5.13 Å². The zero-order valence-corrected chi connectivity index (χ0v) is 17.7. The number of thiazole rings is 1. The number of hydrogen-bond donors (Lipinski definition) is 1. The Kier molecular flexibility index (Phi) is 6.02. The van der Waals surface area contributed by atoms with E-state index in [0.717, 1.165) is 31.6 Å². The van der Waals surface area contributed by atoms with E-state index < -0.39 is 0 Å². The van der Waals surface area contributed by atoms with Gasteiger partial charge in [0.2, 0.25) is 5.91 Å². The van der Waals surface area contributed by atoms with Crippen LogP contribution in [0.3, 0.4) is 0 Å². The van der Waals surface area contributed by atoms with Crippen molar-refractivity contribution in [3.63, 3.8) is 0 Å². The maximum Gasteiger partial charge on any atom is 0.223 e. The molecule has 1 saturated heterocycles. The summed E-state index contributed by atoms with van der Waals surface area (Å²) in [5, 5.41) is 3.48. The number of hydrogen-bond acceptors (Lipinski definition) is 5. The minimum absolute atomic E-state index is 0.0734. The summed E-state index contributed by atoms with van der Waals surface area (Å²) >= 11 is 1.59. The molecule has 1 amide bonds. The zero-order valence-electron chi connectivity index (χ0n) is 16.9. The molecule has 1 aromatic carbocycles. The Morgan fingerprint density at radius 3 is 2.59 bits per heavy atom. The van der Waals surface area contributed by atoms with Crippen LogP contribution in [0.15, 0.2) is 48.8 Å². The molecule has 0 unspecified atom stereocenters. The molecule has 1 atom stereocenters. The van der Waals surface area contributed by atoms with E-state index in [-0.39, 0.29) is 5.91 Å². The molecule has 4 rings (SSSR count). The third-order valence-electron chi connectivity index (χ3n) is 5.29. The fourth-order valence-electron chi connectivity index (χ4n) is 3.82. The van der Waals surface area contributed by atoms with Gasteiger partial charge in [-0.15, -0.1) is 11.3 Å². The molecular weight excluding hydrogens is 380 g/mol. The van der Waals surface area contributed by atoms with E-state index in [1.165, 1.54) is 34.9 Å². The van der Waals surface area contributed by atoms with Gasteiger partial charge in [-0.1, -0.05) is 30.3 Å². The number of amides is 1. The SMILES string of the molecule is CC(=O)Nc1ncc([C@@H]2CCCN2Cc2ccc(Cc3ccc(C)nc3)cc2)s1. The summed E-state index contributed by atoms with van der Waals surface area (Å²) < 4.78 is 0. The van der Waals surface area contributed by atoms with Crippen LogP contribution in [0.25, 0.3) is 0 Å². The number of nitrogens with zero attached hydrogens (tertiary/aromatic N) is 3. The topological polar surface area (TPSA) is 58.1 Å². The third kappa shape index (κ3) is 5.08. The number of carbonyl (C=O) groups excluding carboxylic acids is 1. The molecule has 0 saturated carbocycles. The van der Waals surface area contributed by atoms with Gasteiger partial charge < -0.3 is 5.32 Å². The maximum atomic E-state index is 11.2. The summed E-state index contributed by atoms with van der Waals surface area (Å²) in [7, 11) is 0. The van der Waals surface area contributed by atoms with E-state index >= 15 is 0 Å². The van der Waals surface area contributed by atoms with Gasteiger partial charge in [-0.2, -0.15) is 0 Å². The van der Waals surface area contributed by atoms with Crippen molar-refractivity contribution in [2.45, 2.75) is 45.7 Å². The second-order valence-corrected chi connectivity index (χ2v) is 8.74. The first kappa shape index (κ1) is 19.7. The zero-order chi connectivity index (χ0) is 20.2. The summed E-state index contributed by atoms with van der Waals surface area (Å²) in [6.45, 7) is 5.55. The second-order valence-electron chi connectivity index (χ2n) is 7.68. The number of carbonyl (C=O) groups is 1. The van der Waals surface area contributed by atoms with Crippen molar-refractivity contribution >= 4 is 22.4 Å². The molecule has 6 heteroatoms. The number of anilines is 1. The van der Waals surface area contributed by atoms with Crippen molar-refractivity contribution in [1.82, 2.24) is 14.9 Å². The molecule has 5 nitrogen and oxygen atoms in total. The van der Waals surface area contributed by atoms with Gasteiger partial charge in [-0.25, -0.2) is 4.98 Å². The fraction of sp³-hybridized carbons (Fsp3) is 0.348. The van der Waals surface area contributed by atoms with Crippen molar-refractivity contribution in [3.8, 4) is 0 Å². The van der Waals surface area contributed by atoms with Gasteiger partial charge >= 0.3 is 0 Å². The normalized spacial score (nSPS) is 16.8. The Morgan fingerprint density at radius 2 is 1.86 bits per heavy atom. The molecule has 1 N–H and O–H groups in total. The predicted molar refractivity (Wildman–Crippen MR) is 117 cm³/mol. The lowest BCUT2D eigenvalue weighted by molar-refractivity contribution is -0.114. The van der Waals surface area contributed by atoms with E-state index in [1.807, 2.05) is 19.3 Å². The fourth-order valence-corrected chi connectivity index (χ4v) is 4.85. The van der Waals surface area contributed by atoms with Crippen LogP contribution in [0, 0.1) is 6.92 Å². The molecule has 1 fully saturated rings. The average molecular weight is 407 g/mol. The van der Waals surface area contributed by atoms with Gasteiger partial charge in [-0.05, 0) is 55.5 Å². The van der Waals surface area contributed by atoms with E-state index in [4.69, 9.17) is 0 Å². The van der Waals surface area contributed by atoms with Crippen LogP contribution in [-0.4, -0.2) is 27.3 Å². The molecule has 0 radical (unpaired) electrons. The van der Waals surface area contributed by atoms with Crippen molar-refractivity contribution in [1.29, 1.82) is 0 Å². The number of aromatic nitrogens is 2. The smallest absolute Gasteiger partial charge is 0.223 e. The van der Waals surface area contributed by atoms with E-state index in [0.29, 0.717) is 11.2 Å². The molecule has 0 aliphatic carbocycles. The molecule has 3 aromatic rings. The molecule has 150 valence electrons. The first-order chi connectivity index (χ1) is 14.1. The molecule has 1 aliphatic heterocycles. The molecule has 0 spiro atoms. The lowest BCUT2D eigenvalue weighted by atomic mass is 10.0. The van der Waals surface area contributed by atoms with Crippen LogP contribution in [-0.2, 0) is 17.8 Å². The van der Waals surface area contributed by atoms with Gasteiger partial charge in [0, 0.05) is 42.5 Å². The number of rotatable bonds is 6. The van der Waals surface area contributed by atoms with Gasteiger partial charge in [0.25, 0.3) is 0 Å². The summed E-state index contributed by atoms with van der Waals surface area (Å²) in [6, 6.07) is 13.5. The Morgan fingerprint density at radius 1 is 1.10 bits per heavy atom. The van der Waals surface area contributed by atoms with E-state index in [2.05, 4.69) is 56.6 Å². The van der Waals surface area contributed by atoms with Crippen molar-refractivity contribution in [3.05, 3.63) is 76.1 Å². The first-order valence-electron chi connectivity index (χ1n) is 10.0. The van der Waals surface area contributed by atoms with Crippen LogP contribution in [0.2, 0.25) is 0 Å². The second kappa shape index (κ2) is 8.84. The quantitative estimate of drug-likeness (QED) is 0.643.